The third kappa shape index (κ3) is 5.84. The Hall–Kier alpha value is -1.96. The Bertz CT molecular complexity index is 1190. The van der Waals surface area contributed by atoms with Crippen molar-refractivity contribution < 1.29 is 27.8 Å². The van der Waals surface area contributed by atoms with E-state index in [4.69, 9.17) is 14.5 Å². The number of aliphatic hydroxyl groups excluding tert-OH is 1. The molecule has 5 rings (SSSR count). The summed E-state index contributed by atoms with van der Waals surface area (Å²) in [6.07, 6.45) is -2.30. The fourth-order valence-electron chi connectivity index (χ4n) is 6.31. The summed E-state index contributed by atoms with van der Waals surface area (Å²) in [6, 6.07) is 5.27. The molecule has 0 saturated carbocycles. The third-order valence-electron chi connectivity index (χ3n) is 8.81. The molecule has 3 heterocycles. The predicted octanol–water partition coefficient (Wildman–Crippen LogP) is 8.65. The van der Waals surface area contributed by atoms with E-state index in [1.165, 1.54) is 18.6 Å². The van der Waals surface area contributed by atoms with Gasteiger partial charge in [0, 0.05) is 41.5 Å². The smallest absolute Gasteiger partial charge is 0.388 e. The van der Waals surface area contributed by atoms with Crippen LogP contribution in [0.15, 0.2) is 24.3 Å². The minimum absolute atomic E-state index is 0.0168. The number of hydrogen-bond donors (Lipinski definition) is 1. The summed E-state index contributed by atoms with van der Waals surface area (Å²) in [5.74, 6) is 0.986. The molecule has 2 aliphatic heterocycles. The van der Waals surface area contributed by atoms with Crippen LogP contribution in [0.2, 0.25) is 0 Å². The molecule has 0 amide bonds. The molecule has 3 aliphatic rings. The fourth-order valence-corrected chi connectivity index (χ4v) is 6.31. The Morgan fingerprint density at radius 1 is 1.07 bits per heavy atom. The zero-order valence-corrected chi connectivity index (χ0v) is 25.3. The summed E-state index contributed by atoms with van der Waals surface area (Å²) in [6.45, 7) is 18.3. The van der Waals surface area contributed by atoms with Gasteiger partial charge in [-0.1, -0.05) is 73.9 Å². The second-order valence-electron chi connectivity index (χ2n) is 13.4. The molecule has 4 atom stereocenters. The van der Waals surface area contributed by atoms with E-state index in [0.29, 0.717) is 31.6 Å². The van der Waals surface area contributed by atoms with E-state index >= 15 is 0 Å². The van der Waals surface area contributed by atoms with Crippen molar-refractivity contribution in [2.45, 2.75) is 111 Å². The van der Waals surface area contributed by atoms with Crippen molar-refractivity contribution in [1.82, 2.24) is 4.98 Å². The van der Waals surface area contributed by atoms with Crippen molar-refractivity contribution in [2.75, 3.05) is 13.2 Å². The molecule has 40 heavy (non-hydrogen) atoms. The first kappa shape index (κ1) is 31.0. The van der Waals surface area contributed by atoms with Crippen LogP contribution in [0.1, 0.15) is 132 Å². The van der Waals surface area contributed by atoms with Gasteiger partial charge in [0.2, 0.25) is 0 Å². The zero-order valence-electron chi connectivity index (χ0n) is 25.3. The highest BCUT2D eigenvalue weighted by molar-refractivity contribution is 5.54. The molecule has 1 spiro atoms. The molecule has 222 valence electrons. The molecule has 1 N–H and O–H groups in total. The van der Waals surface area contributed by atoms with E-state index in [1.807, 2.05) is 0 Å². The molecule has 1 aliphatic carbocycles. The number of ether oxygens (including phenoxy) is 2. The van der Waals surface area contributed by atoms with Crippen molar-refractivity contribution in [3.05, 3.63) is 63.5 Å². The maximum absolute atomic E-state index is 13.3. The summed E-state index contributed by atoms with van der Waals surface area (Å²) in [4.78, 5) is 5.11. The molecule has 1 fully saturated rings. The molecule has 7 heteroatoms. The zero-order chi connectivity index (χ0) is 29.6. The first-order chi connectivity index (χ1) is 18.6. The van der Waals surface area contributed by atoms with E-state index in [9.17, 15) is 18.3 Å². The van der Waals surface area contributed by atoms with Gasteiger partial charge in [0.25, 0.3) is 0 Å². The monoisotopic (exact) mass is 561 g/mol. The average Bonchev–Trinajstić information content (AvgIpc) is 3.19. The number of nitrogens with zero attached hydrogens (tertiary/aromatic N) is 1. The standard InChI is InChI=1S/C28H34F3NO3.C5H12/c1-15(2)24-22-23(21-19(32-24)12-26(4,5)13-20(21)33)27(10-11-34-14-16(27)3)35-25(22)17-6-8-18(9-7-17)28(29,30)31;1-4-5(2)3/h6-9,15-16,20,25,33H,10-14H2,1-5H3;5H,4H2,1-3H3. The van der Waals surface area contributed by atoms with Crippen LogP contribution in [0.25, 0.3) is 0 Å². The molecular formula is C33H46F3NO3. The van der Waals surface area contributed by atoms with Crippen LogP contribution in [0.5, 0.6) is 0 Å². The van der Waals surface area contributed by atoms with Gasteiger partial charge >= 0.3 is 6.18 Å². The lowest BCUT2D eigenvalue weighted by molar-refractivity contribution is -0.157. The predicted molar refractivity (Wildman–Crippen MR) is 151 cm³/mol. The van der Waals surface area contributed by atoms with Gasteiger partial charge in [0.1, 0.15) is 11.7 Å². The third-order valence-corrected chi connectivity index (χ3v) is 8.81. The number of aromatic nitrogens is 1. The molecule has 1 aromatic heterocycles. The summed E-state index contributed by atoms with van der Waals surface area (Å²) in [5, 5.41) is 11.4. The SMILES string of the molecule is CC(C)c1nc2c(c3c1C(c1ccc(C(F)(F)F)cc1)OC31CCOCC1C)C(O)CC(C)(C)C2.CCC(C)C. The van der Waals surface area contributed by atoms with Gasteiger partial charge < -0.3 is 14.6 Å². The summed E-state index contributed by atoms with van der Waals surface area (Å²) < 4.78 is 52.5. The Morgan fingerprint density at radius 2 is 1.70 bits per heavy atom. The maximum atomic E-state index is 13.3. The van der Waals surface area contributed by atoms with Gasteiger partial charge in [0.05, 0.1) is 18.3 Å². The Balaban J connectivity index is 0.000000681. The average molecular weight is 562 g/mol. The highest BCUT2D eigenvalue weighted by Gasteiger charge is 2.55. The number of benzene rings is 1. The second-order valence-corrected chi connectivity index (χ2v) is 13.4. The van der Waals surface area contributed by atoms with Crippen molar-refractivity contribution in [3.8, 4) is 0 Å². The molecule has 0 radical (unpaired) electrons. The van der Waals surface area contributed by atoms with Crippen molar-refractivity contribution in [3.63, 3.8) is 0 Å². The Labute approximate surface area is 237 Å². The topological polar surface area (TPSA) is 51.6 Å². The largest absolute Gasteiger partial charge is 0.416 e. The van der Waals surface area contributed by atoms with Crippen molar-refractivity contribution >= 4 is 0 Å². The molecule has 4 nitrogen and oxygen atoms in total. The van der Waals surface area contributed by atoms with Crippen molar-refractivity contribution in [2.24, 2.45) is 17.3 Å². The van der Waals surface area contributed by atoms with Crippen molar-refractivity contribution in [1.29, 1.82) is 0 Å². The fraction of sp³-hybridized carbons (Fsp3) is 0.667. The molecule has 1 saturated heterocycles. The minimum atomic E-state index is -4.40. The van der Waals surface area contributed by atoms with E-state index < -0.39 is 29.5 Å². The maximum Gasteiger partial charge on any atom is 0.416 e. The van der Waals surface area contributed by atoms with Gasteiger partial charge in [-0.25, -0.2) is 0 Å². The number of alkyl halides is 3. The van der Waals surface area contributed by atoms with Crippen LogP contribution in [0.4, 0.5) is 13.2 Å². The highest BCUT2D eigenvalue weighted by atomic mass is 19.4. The first-order valence-electron chi connectivity index (χ1n) is 14.8. The Morgan fingerprint density at radius 3 is 2.23 bits per heavy atom. The normalized spacial score (nSPS) is 27.4. The lowest BCUT2D eigenvalue weighted by Gasteiger charge is -2.43. The van der Waals surface area contributed by atoms with Gasteiger partial charge in [-0.2, -0.15) is 13.2 Å². The second kappa shape index (κ2) is 11.4. The highest BCUT2D eigenvalue weighted by Crippen LogP contribution is 2.59. The number of hydrogen-bond acceptors (Lipinski definition) is 4. The van der Waals surface area contributed by atoms with E-state index in [-0.39, 0.29) is 17.3 Å². The lowest BCUT2D eigenvalue weighted by atomic mass is 9.68. The van der Waals surface area contributed by atoms with Crippen LogP contribution >= 0.6 is 0 Å². The molecule has 4 unspecified atom stereocenters. The van der Waals surface area contributed by atoms with E-state index in [1.54, 1.807) is 0 Å². The number of fused-ring (bicyclic) bond motifs is 4. The minimum Gasteiger partial charge on any atom is -0.388 e. The summed E-state index contributed by atoms with van der Waals surface area (Å²) in [7, 11) is 0. The number of pyridine rings is 1. The van der Waals surface area contributed by atoms with Crippen LogP contribution < -0.4 is 0 Å². The van der Waals surface area contributed by atoms with Crippen LogP contribution in [-0.2, 0) is 27.7 Å². The lowest BCUT2D eigenvalue weighted by Crippen LogP contribution is -2.43. The first-order valence-corrected chi connectivity index (χ1v) is 14.8. The molecular weight excluding hydrogens is 515 g/mol. The van der Waals surface area contributed by atoms with E-state index in [0.717, 1.165) is 52.5 Å². The Kier molecular flexibility index (Phi) is 8.81. The number of halogens is 3. The van der Waals surface area contributed by atoms with Gasteiger partial charge in [0.15, 0.2) is 0 Å². The van der Waals surface area contributed by atoms with Crippen LogP contribution in [0, 0.1) is 17.3 Å². The summed E-state index contributed by atoms with van der Waals surface area (Å²) >= 11 is 0. The number of aliphatic hydroxyl groups is 1. The van der Waals surface area contributed by atoms with Gasteiger partial charge in [-0.15, -0.1) is 0 Å². The van der Waals surface area contributed by atoms with Gasteiger partial charge in [-0.05, 0) is 53.4 Å². The molecule has 2 aromatic rings. The molecule has 0 bridgehead atoms. The quantitative estimate of drug-likeness (QED) is 0.407. The molecule has 1 aromatic carbocycles. The van der Waals surface area contributed by atoms with Crippen LogP contribution in [0.3, 0.4) is 0 Å². The van der Waals surface area contributed by atoms with Crippen LogP contribution in [-0.4, -0.2) is 23.3 Å². The van der Waals surface area contributed by atoms with E-state index in [2.05, 4.69) is 55.4 Å². The number of rotatable bonds is 3. The summed E-state index contributed by atoms with van der Waals surface area (Å²) in [5.41, 5.74) is 3.86. The van der Waals surface area contributed by atoms with Gasteiger partial charge in [-0.3, -0.25) is 4.98 Å².